The predicted octanol–water partition coefficient (Wildman–Crippen LogP) is 3.45. The molecule has 4 rings (SSSR count). The van der Waals surface area contributed by atoms with Gasteiger partial charge in [0.05, 0.1) is 28.6 Å². The highest BCUT2D eigenvalue weighted by atomic mass is 127. The number of carbonyl (C=O) groups is 3. The fourth-order valence-corrected chi connectivity index (χ4v) is 6.72. The second-order valence-electron chi connectivity index (χ2n) is 9.76. The van der Waals surface area contributed by atoms with Crippen LogP contribution in [0.15, 0.2) is 12.1 Å². The molecule has 2 aliphatic heterocycles. The van der Waals surface area contributed by atoms with Gasteiger partial charge in [0.2, 0.25) is 11.8 Å². The normalized spacial score (nSPS) is 32.0. The molecule has 192 valence electrons. The summed E-state index contributed by atoms with van der Waals surface area (Å²) in [7, 11) is 1.47. The second-order valence-corrected chi connectivity index (χ2v) is 10.9. The number of ether oxygens (including phenoxy) is 2. The number of phenolic OH excluding ortho intramolecular Hbond substituents is 1. The van der Waals surface area contributed by atoms with Crippen molar-refractivity contribution >= 4 is 40.4 Å². The summed E-state index contributed by atoms with van der Waals surface area (Å²) in [5, 5.41) is 30.8. The van der Waals surface area contributed by atoms with Crippen LogP contribution in [0.4, 0.5) is 0 Å². The molecule has 2 saturated heterocycles. The summed E-state index contributed by atoms with van der Waals surface area (Å²) in [5.41, 5.74) is 0.741. The Morgan fingerprint density at radius 2 is 1.97 bits per heavy atom. The number of unbranched alkanes of at least 4 members (excludes halogenated alkanes) is 2. The number of benzene rings is 1. The highest BCUT2D eigenvalue weighted by Gasteiger charge is 2.66. The number of carboxylic acids is 1. The van der Waals surface area contributed by atoms with Crippen LogP contribution in [0.3, 0.4) is 0 Å². The fraction of sp³-hybridized carbons (Fsp3) is 0.640. The summed E-state index contributed by atoms with van der Waals surface area (Å²) in [6.07, 6.45) is 2.62. The Kier molecular flexibility index (Phi) is 7.63. The Morgan fingerprint density at radius 3 is 2.63 bits per heavy atom. The molecule has 3 N–H and O–H groups in total. The number of nitrogens with zero attached hydrogens (tertiary/aromatic N) is 1. The van der Waals surface area contributed by atoms with E-state index in [0.717, 1.165) is 5.56 Å². The summed E-state index contributed by atoms with van der Waals surface area (Å²) in [6.45, 7) is 2.22. The third-order valence-electron chi connectivity index (χ3n) is 7.86. The third kappa shape index (κ3) is 4.64. The highest BCUT2D eigenvalue weighted by molar-refractivity contribution is 14.1. The number of carbonyl (C=O) groups excluding carboxylic acids is 2. The summed E-state index contributed by atoms with van der Waals surface area (Å²) in [6, 6.07) is 3.47. The van der Waals surface area contributed by atoms with Crippen molar-refractivity contribution in [1.82, 2.24) is 4.90 Å². The van der Waals surface area contributed by atoms with Gasteiger partial charge in [-0.05, 0) is 72.4 Å². The average molecular weight is 601 g/mol. The monoisotopic (exact) mass is 601 g/mol. The van der Waals surface area contributed by atoms with Gasteiger partial charge >= 0.3 is 5.97 Å². The van der Waals surface area contributed by atoms with Crippen LogP contribution in [0, 0.1) is 27.2 Å². The van der Waals surface area contributed by atoms with Crippen molar-refractivity contribution in [1.29, 1.82) is 0 Å². The molecule has 35 heavy (non-hydrogen) atoms. The third-order valence-corrected chi connectivity index (χ3v) is 8.69. The number of aromatic hydroxyl groups is 1. The topological polar surface area (TPSA) is 134 Å². The summed E-state index contributed by atoms with van der Waals surface area (Å²) >= 11 is 2.01. The molecular formula is C25H32INO8. The van der Waals surface area contributed by atoms with Gasteiger partial charge in [0, 0.05) is 24.8 Å². The minimum absolute atomic E-state index is 0.0352. The lowest BCUT2D eigenvalue weighted by molar-refractivity contribution is -0.269. The molecule has 0 aromatic heterocycles. The molecule has 3 aliphatic rings. The molecule has 10 heteroatoms. The molecular weight excluding hydrogens is 569 g/mol. The van der Waals surface area contributed by atoms with Crippen LogP contribution in [0.1, 0.15) is 63.5 Å². The molecule has 6 atom stereocenters. The molecule has 2 amide bonds. The van der Waals surface area contributed by atoms with Gasteiger partial charge in [-0.2, -0.15) is 0 Å². The SMILES string of the molecule is CC[C@H]1C[C@@H]2C(=O)N(CCCCCC(=O)O)C(=O)[C@@H]2[C@@H]2C[C@@H](c3cc(I)c(O)c(OC)c3)O[C@]12O. The zero-order valence-electron chi connectivity index (χ0n) is 19.9. The maximum absolute atomic E-state index is 13.4. The number of hydrogen-bond acceptors (Lipinski definition) is 7. The smallest absolute Gasteiger partial charge is 0.303 e. The first-order valence-electron chi connectivity index (χ1n) is 12.2. The Bertz CT molecular complexity index is 1020. The zero-order chi connectivity index (χ0) is 25.5. The Labute approximate surface area is 217 Å². The quantitative estimate of drug-likeness (QED) is 0.223. The van der Waals surface area contributed by atoms with Crippen molar-refractivity contribution in [3.05, 3.63) is 21.3 Å². The van der Waals surface area contributed by atoms with Gasteiger partial charge < -0.3 is 24.8 Å². The van der Waals surface area contributed by atoms with E-state index in [0.29, 0.717) is 47.8 Å². The molecule has 1 aromatic rings. The van der Waals surface area contributed by atoms with Crippen molar-refractivity contribution in [2.45, 2.75) is 63.8 Å². The number of carboxylic acid groups (broad SMARTS) is 1. The summed E-state index contributed by atoms with van der Waals surface area (Å²) in [4.78, 5) is 38.7. The van der Waals surface area contributed by atoms with Crippen molar-refractivity contribution in [3.8, 4) is 11.5 Å². The first-order chi connectivity index (χ1) is 16.6. The molecule has 0 spiro atoms. The Hall–Kier alpha value is -1.92. The number of rotatable bonds is 9. The van der Waals surface area contributed by atoms with Crippen LogP contribution in [0.25, 0.3) is 0 Å². The van der Waals surface area contributed by atoms with Gasteiger partial charge in [-0.25, -0.2) is 0 Å². The standard InChI is InChI=1S/C25H32INO8/c1-3-14-11-15-21(24(32)27(23(15)31)8-6-4-5-7-20(28)29)16-12-18(35-25(14,16)33)13-9-17(26)22(30)19(10-13)34-2/h9-10,14-16,18,21,30,33H,3-8,11-12H2,1-2H3,(H,28,29)/t14-,15-,16-,18-,21-,25+/m0/s1. The summed E-state index contributed by atoms with van der Waals surface area (Å²) in [5.74, 6) is -4.43. The first-order valence-corrected chi connectivity index (χ1v) is 13.2. The molecule has 9 nitrogen and oxygen atoms in total. The largest absolute Gasteiger partial charge is 0.504 e. The number of imide groups is 1. The lowest BCUT2D eigenvalue weighted by Gasteiger charge is -2.44. The molecule has 2 heterocycles. The molecule has 0 unspecified atom stereocenters. The lowest BCUT2D eigenvalue weighted by atomic mass is 9.64. The van der Waals surface area contributed by atoms with Crippen molar-refractivity contribution in [2.75, 3.05) is 13.7 Å². The predicted molar refractivity (Wildman–Crippen MR) is 132 cm³/mol. The van der Waals surface area contributed by atoms with Crippen molar-refractivity contribution in [2.24, 2.45) is 23.7 Å². The second kappa shape index (κ2) is 10.2. The highest BCUT2D eigenvalue weighted by Crippen LogP contribution is 2.59. The number of amides is 2. The summed E-state index contributed by atoms with van der Waals surface area (Å²) < 4.78 is 12.2. The Balaban J connectivity index is 1.56. The zero-order valence-corrected chi connectivity index (χ0v) is 22.1. The van der Waals surface area contributed by atoms with Gasteiger partial charge in [0.1, 0.15) is 0 Å². The van der Waals surface area contributed by atoms with Gasteiger partial charge in [-0.3, -0.25) is 19.3 Å². The van der Waals surface area contributed by atoms with Gasteiger partial charge in [0.15, 0.2) is 17.3 Å². The fourth-order valence-electron chi connectivity index (χ4n) is 6.10. The molecule has 1 aromatic carbocycles. The number of fused-ring (bicyclic) bond motifs is 3. The van der Waals surface area contributed by atoms with Crippen LogP contribution in [-0.4, -0.2) is 57.4 Å². The van der Waals surface area contributed by atoms with Gasteiger partial charge in [0.25, 0.3) is 0 Å². The van der Waals surface area contributed by atoms with E-state index in [1.165, 1.54) is 12.0 Å². The number of methoxy groups -OCH3 is 1. The number of aliphatic carboxylic acids is 1. The van der Waals surface area contributed by atoms with Crippen molar-refractivity contribution in [3.63, 3.8) is 0 Å². The number of aliphatic hydroxyl groups is 1. The van der Waals surface area contributed by atoms with E-state index in [2.05, 4.69) is 0 Å². The number of likely N-dealkylation sites (tertiary alicyclic amines) is 1. The van der Waals surface area contributed by atoms with Crippen LogP contribution in [0.5, 0.6) is 11.5 Å². The van der Waals surface area contributed by atoms with Crippen LogP contribution in [0.2, 0.25) is 0 Å². The molecule has 0 radical (unpaired) electrons. The van der Waals surface area contributed by atoms with Crippen LogP contribution >= 0.6 is 22.6 Å². The van der Waals surface area contributed by atoms with E-state index >= 15 is 0 Å². The molecule has 1 aliphatic carbocycles. The minimum atomic E-state index is -1.52. The number of hydrogen-bond donors (Lipinski definition) is 3. The number of phenols is 1. The van der Waals surface area contributed by atoms with E-state index in [1.807, 2.05) is 29.5 Å². The van der Waals surface area contributed by atoms with E-state index < -0.39 is 35.6 Å². The van der Waals surface area contributed by atoms with Crippen LogP contribution < -0.4 is 4.74 Å². The van der Waals surface area contributed by atoms with E-state index in [4.69, 9.17) is 14.6 Å². The molecule has 1 saturated carbocycles. The molecule has 0 bridgehead atoms. The Morgan fingerprint density at radius 1 is 1.23 bits per heavy atom. The maximum atomic E-state index is 13.4. The van der Waals surface area contributed by atoms with Crippen molar-refractivity contribution < 1.29 is 39.2 Å². The van der Waals surface area contributed by atoms with E-state index in [9.17, 15) is 24.6 Å². The maximum Gasteiger partial charge on any atom is 0.303 e. The average Bonchev–Trinajstić information content (AvgIpc) is 3.29. The first kappa shape index (κ1) is 26.2. The van der Waals surface area contributed by atoms with Crippen LogP contribution in [-0.2, 0) is 19.1 Å². The van der Waals surface area contributed by atoms with E-state index in [-0.39, 0.29) is 36.4 Å². The van der Waals surface area contributed by atoms with E-state index in [1.54, 1.807) is 12.1 Å². The minimum Gasteiger partial charge on any atom is -0.504 e. The lowest BCUT2D eigenvalue weighted by Crippen LogP contribution is -2.53. The van der Waals surface area contributed by atoms with Gasteiger partial charge in [-0.1, -0.05) is 13.3 Å². The molecule has 3 fully saturated rings. The number of halogens is 1. The van der Waals surface area contributed by atoms with Gasteiger partial charge in [-0.15, -0.1) is 0 Å².